The highest BCUT2D eigenvalue weighted by atomic mass is 16.7. The summed E-state index contributed by atoms with van der Waals surface area (Å²) in [6.45, 7) is 7.66. The minimum absolute atomic E-state index is 0.0173. The van der Waals surface area contributed by atoms with E-state index in [4.69, 9.17) is 38.3 Å². The molecule has 1 aromatic rings. The number of allylic oxidation sites excluding steroid dienone is 1. The van der Waals surface area contributed by atoms with Crippen LogP contribution in [0.1, 0.15) is 24.8 Å². The molecular weight excluding hydrogens is 432 g/mol. The normalized spacial score (nSPS) is 21.3. The highest BCUT2D eigenvalue weighted by molar-refractivity contribution is 5.86. The van der Waals surface area contributed by atoms with Gasteiger partial charge >= 0.3 is 5.97 Å². The molecule has 9 nitrogen and oxygen atoms in total. The zero-order valence-corrected chi connectivity index (χ0v) is 18.9. The second-order valence-corrected chi connectivity index (χ2v) is 7.40. The van der Waals surface area contributed by atoms with Gasteiger partial charge in [-0.2, -0.15) is 0 Å². The Hall–Kier alpha value is -2.59. The zero-order valence-electron chi connectivity index (χ0n) is 18.9. The molecule has 0 saturated carbocycles. The first-order chi connectivity index (χ1) is 16.2. The summed E-state index contributed by atoms with van der Waals surface area (Å²) in [4.78, 5) is 12.5. The fourth-order valence-corrected chi connectivity index (χ4v) is 3.74. The Morgan fingerprint density at radius 2 is 1.97 bits per heavy atom. The second-order valence-electron chi connectivity index (χ2n) is 7.40. The van der Waals surface area contributed by atoms with Gasteiger partial charge in [0.2, 0.25) is 18.8 Å². The lowest BCUT2D eigenvalue weighted by Gasteiger charge is -2.36. The van der Waals surface area contributed by atoms with Crippen LogP contribution in [0.15, 0.2) is 42.7 Å². The molecule has 1 N–H and O–H groups in total. The number of benzene rings is 1. The predicted molar refractivity (Wildman–Crippen MR) is 118 cm³/mol. The van der Waals surface area contributed by atoms with Gasteiger partial charge in [-0.1, -0.05) is 18.7 Å². The van der Waals surface area contributed by atoms with Crippen LogP contribution < -0.4 is 9.47 Å². The summed E-state index contributed by atoms with van der Waals surface area (Å²) in [6, 6.07) is 5.73. The van der Waals surface area contributed by atoms with E-state index in [0.717, 1.165) is 5.56 Å². The summed E-state index contributed by atoms with van der Waals surface area (Å²) < 4.78 is 38.9. The molecule has 0 saturated heterocycles. The van der Waals surface area contributed by atoms with Gasteiger partial charge in [-0.15, -0.1) is 0 Å². The van der Waals surface area contributed by atoms with Crippen LogP contribution in [0.25, 0.3) is 0 Å². The van der Waals surface area contributed by atoms with Crippen molar-refractivity contribution in [2.24, 2.45) is 5.92 Å². The molecule has 182 valence electrons. The molecule has 0 aliphatic carbocycles. The van der Waals surface area contributed by atoms with Gasteiger partial charge in [0, 0.05) is 25.0 Å². The van der Waals surface area contributed by atoms with Gasteiger partial charge in [-0.3, -0.25) is 0 Å². The van der Waals surface area contributed by atoms with Crippen LogP contribution in [0.5, 0.6) is 11.5 Å². The summed E-state index contributed by atoms with van der Waals surface area (Å²) in [5.41, 5.74) is 0.942. The van der Waals surface area contributed by atoms with E-state index in [1.165, 1.54) is 6.08 Å². The summed E-state index contributed by atoms with van der Waals surface area (Å²) in [5, 5.41) is 8.77. The summed E-state index contributed by atoms with van der Waals surface area (Å²) >= 11 is 0. The molecule has 33 heavy (non-hydrogen) atoms. The number of esters is 1. The molecule has 9 heteroatoms. The first-order valence-corrected chi connectivity index (χ1v) is 11.1. The SMILES string of the molecule is C=CCOC(=O)C1=C[C@H](c2ccc3c(c2)OCO3)[C@@H](CCOCCOCCO)C(OCC)O1. The Labute approximate surface area is 193 Å². The van der Waals surface area contributed by atoms with E-state index >= 15 is 0 Å². The largest absolute Gasteiger partial charge is 0.457 e. The van der Waals surface area contributed by atoms with Crippen molar-refractivity contribution in [3.8, 4) is 11.5 Å². The Balaban J connectivity index is 1.79. The van der Waals surface area contributed by atoms with Crippen molar-refractivity contribution < 1.29 is 43.1 Å². The Kier molecular flexibility index (Phi) is 10.0. The molecule has 2 heterocycles. The van der Waals surface area contributed by atoms with Crippen molar-refractivity contribution in [2.75, 3.05) is 53.0 Å². The highest BCUT2D eigenvalue weighted by Crippen LogP contribution is 2.42. The number of fused-ring (bicyclic) bond motifs is 1. The first-order valence-electron chi connectivity index (χ1n) is 11.1. The van der Waals surface area contributed by atoms with Crippen molar-refractivity contribution in [3.63, 3.8) is 0 Å². The molecule has 0 amide bonds. The lowest BCUT2D eigenvalue weighted by atomic mass is 9.81. The third kappa shape index (κ3) is 6.94. The van der Waals surface area contributed by atoms with E-state index in [1.54, 1.807) is 6.08 Å². The maximum absolute atomic E-state index is 12.5. The van der Waals surface area contributed by atoms with Crippen molar-refractivity contribution in [1.29, 1.82) is 0 Å². The summed E-state index contributed by atoms with van der Waals surface area (Å²) in [6.07, 6.45) is 3.24. The molecule has 3 rings (SSSR count). The van der Waals surface area contributed by atoms with E-state index in [1.807, 2.05) is 25.1 Å². The lowest BCUT2D eigenvalue weighted by molar-refractivity contribution is -0.176. The van der Waals surface area contributed by atoms with Gasteiger partial charge in [0.1, 0.15) is 6.61 Å². The monoisotopic (exact) mass is 464 g/mol. The Bertz CT molecular complexity index is 807. The minimum Gasteiger partial charge on any atom is -0.457 e. The average Bonchev–Trinajstić information content (AvgIpc) is 3.30. The molecular formula is C24H32O9. The maximum Gasteiger partial charge on any atom is 0.373 e. The molecule has 0 fully saturated rings. The molecule has 2 aliphatic heterocycles. The molecule has 2 aliphatic rings. The summed E-state index contributed by atoms with van der Waals surface area (Å²) in [5.74, 6) is 0.551. The average molecular weight is 465 g/mol. The number of rotatable bonds is 14. The molecule has 0 spiro atoms. The van der Waals surface area contributed by atoms with Gasteiger partial charge in [0.15, 0.2) is 11.5 Å². The topological polar surface area (TPSA) is 102 Å². The quantitative estimate of drug-likeness (QED) is 0.253. The van der Waals surface area contributed by atoms with Crippen molar-refractivity contribution in [3.05, 3.63) is 48.3 Å². The number of hydrogen-bond acceptors (Lipinski definition) is 9. The molecule has 0 bridgehead atoms. The van der Waals surface area contributed by atoms with Crippen LogP contribution in [0.2, 0.25) is 0 Å². The molecule has 0 radical (unpaired) electrons. The maximum atomic E-state index is 12.5. The van der Waals surface area contributed by atoms with Gasteiger partial charge in [0.25, 0.3) is 0 Å². The van der Waals surface area contributed by atoms with Crippen molar-refractivity contribution >= 4 is 5.97 Å². The molecule has 3 atom stereocenters. The standard InChI is InChI=1S/C24H32O9/c1-3-9-30-23(26)22-15-19(17-5-6-20-21(14-17)32-16-31-20)18(24(33-22)29-4-2)7-10-27-12-13-28-11-8-25/h3,5-6,14-15,18-19,24-25H,1,4,7-13,16H2,2H3/t18-,19-,24?/m1/s1. The number of ether oxygens (including phenoxy) is 7. The van der Waals surface area contributed by atoms with E-state index in [0.29, 0.717) is 44.3 Å². The second kappa shape index (κ2) is 13.2. The van der Waals surface area contributed by atoms with E-state index in [2.05, 4.69) is 6.58 Å². The fourth-order valence-electron chi connectivity index (χ4n) is 3.74. The molecule has 1 aromatic carbocycles. The van der Waals surface area contributed by atoms with Crippen LogP contribution >= 0.6 is 0 Å². The number of aliphatic hydroxyl groups excluding tert-OH is 1. The van der Waals surface area contributed by atoms with Crippen molar-refractivity contribution in [1.82, 2.24) is 0 Å². The van der Waals surface area contributed by atoms with Gasteiger partial charge in [-0.05, 0) is 37.1 Å². The third-order valence-corrected chi connectivity index (χ3v) is 5.23. The molecule has 1 unspecified atom stereocenters. The van der Waals surface area contributed by atoms with Gasteiger partial charge < -0.3 is 38.3 Å². The third-order valence-electron chi connectivity index (χ3n) is 5.23. The van der Waals surface area contributed by atoms with Crippen molar-refractivity contribution in [2.45, 2.75) is 25.6 Å². The number of carbonyl (C=O) groups excluding carboxylic acids is 1. The van der Waals surface area contributed by atoms with Crippen LogP contribution in [0.3, 0.4) is 0 Å². The fraction of sp³-hybridized carbons (Fsp3) is 0.542. The van der Waals surface area contributed by atoms with Crippen LogP contribution in [-0.2, 0) is 28.5 Å². The van der Waals surface area contributed by atoms with E-state index in [9.17, 15) is 4.79 Å². The zero-order chi connectivity index (χ0) is 23.5. The number of carbonyl (C=O) groups is 1. The number of hydrogen-bond donors (Lipinski definition) is 1. The van der Waals surface area contributed by atoms with Gasteiger partial charge in [-0.25, -0.2) is 4.79 Å². The smallest absolute Gasteiger partial charge is 0.373 e. The highest BCUT2D eigenvalue weighted by Gasteiger charge is 2.39. The van der Waals surface area contributed by atoms with Gasteiger partial charge in [0.05, 0.1) is 26.4 Å². The van der Waals surface area contributed by atoms with E-state index in [-0.39, 0.29) is 44.2 Å². The number of aliphatic hydroxyl groups is 1. The Morgan fingerprint density at radius 3 is 2.73 bits per heavy atom. The first kappa shape index (κ1) is 25.0. The Morgan fingerprint density at radius 1 is 1.18 bits per heavy atom. The van der Waals surface area contributed by atoms with E-state index < -0.39 is 12.3 Å². The van der Waals surface area contributed by atoms with Crippen LogP contribution in [0, 0.1) is 5.92 Å². The van der Waals surface area contributed by atoms with Crippen LogP contribution in [-0.4, -0.2) is 70.4 Å². The minimum atomic E-state index is -0.657. The predicted octanol–water partition coefficient (Wildman–Crippen LogP) is 2.54. The lowest BCUT2D eigenvalue weighted by Crippen LogP contribution is -2.37. The van der Waals surface area contributed by atoms with Crippen LogP contribution in [0.4, 0.5) is 0 Å². The summed E-state index contributed by atoms with van der Waals surface area (Å²) in [7, 11) is 0. The molecule has 0 aromatic heterocycles.